The highest BCUT2D eigenvalue weighted by molar-refractivity contribution is 6.31. The van der Waals surface area contributed by atoms with Crippen LogP contribution >= 0.6 is 11.6 Å². The van der Waals surface area contributed by atoms with Crippen LogP contribution in [0.15, 0.2) is 83.3 Å². The van der Waals surface area contributed by atoms with Crippen molar-refractivity contribution in [2.45, 2.75) is 38.8 Å². The van der Waals surface area contributed by atoms with E-state index in [1.807, 2.05) is 79.7 Å². The number of halogens is 1. The third-order valence-corrected chi connectivity index (χ3v) is 6.47. The first-order valence-corrected chi connectivity index (χ1v) is 12.2. The van der Waals surface area contributed by atoms with Gasteiger partial charge in [-0.2, -0.15) is 0 Å². The lowest BCUT2D eigenvalue weighted by Crippen LogP contribution is -2.50. The van der Waals surface area contributed by atoms with Crippen molar-refractivity contribution in [2.75, 3.05) is 6.61 Å². The fourth-order valence-electron chi connectivity index (χ4n) is 3.89. The molecule has 2 N–H and O–H groups in total. The van der Waals surface area contributed by atoms with Gasteiger partial charge in [0.15, 0.2) is 0 Å². The molecule has 1 atom stereocenters. The molecule has 0 amide bonds. The summed E-state index contributed by atoms with van der Waals surface area (Å²) in [6.07, 6.45) is 0.931. The second-order valence-corrected chi connectivity index (χ2v) is 9.30. The van der Waals surface area contributed by atoms with Gasteiger partial charge in [0.25, 0.3) is 0 Å². The van der Waals surface area contributed by atoms with Crippen molar-refractivity contribution in [1.82, 2.24) is 10.3 Å². The second kappa shape index (κ2) is 11.4. The summed E-state index contributed by atoms with van der Waals surface area (Å²) in [5.41, 5.74) is 2.40. The van der Waals surface area contributed by atoms with Gasteiger partial charge in [-0.05, 0) is 55.3 Å². The first-order chi connectivity index (χ1) is 17.3. The first-order valence-electron chi connectivity index (χ1n) is 11.8. The van der Waals surface area contributed by atoms with Gasteiger partial charge in [0.05, 0.1) is 12.3 Å². The molecule has 186 valence electrons. The number of aromatic nitrogens is 1. The number of nitrogens with zero attached hydrogens (tertiary/aromatic N) is 1. The van der Waals surface area contributed by atoms with Crippen molar-refractivity contribution in [3.63, 3.8) is 0 Å². The molecule has 0 unspecified atom stereocenters. The van der Waals surface area contributed by atoms with E-state index in [2.05, 4.69) is 10.3 Å². The number of aryl methyl sites for hydroxylation is 1. The van der Waals surface area contributed by atoms with E-state index in [-0.39, 0.29) is 0 Å². The zero-order chi connectivity index (χ0) is 25.5. The molecule has 6 nitrogen and oxygen atoms in total. The Morgan fingerprint density at radius 2 is 1.75 bits per heavy atom. The minimum Gasteiger partial charge on any atom is -0.493 e. The van der Waals surface area contributed by atoms with Crippen LogP contribution in [0.3, 0.4) is 0 Å². The number of hydrogen-bond acceptors (Lipinski definition) is 5. The summed E-state index contributed by atoms with van der Waals surface area (Å²) in [6.45, 7) is 4.40. The standard InChI is InChI=1S/C29H29ClN2O4/c1-20-26(32-27(36-20)22-8-4-3-5-9-22)16-17-35-24-14-12-21(13-15-24)18-29(2,28(33)34)31-19-23-10-6-7-11-25(23)30/h3-15,31H,16-19H2,1-2H3,(H,33,34)/t29-/m0/s1. The molecule has 4 aromatic rings. The molecule has 0 saturated heterocycles. The Morgan fingerprint density at radius 3 is 2.44 bits per heavy atom. The van der Waals surface area contributed by atoms with Crippen LogP contribution in [0.4, 0.5) is 0 Å². The van der Waals surface area contributed by atoms with E-state index < -0.39 is 11.5 Å². The highest BCUT2D eigenvalue weighted by Crippen LogP contribution is 2.23. The molecule has 0 spiro atoms. The van der Waals surface area contributed by atoms with Crippen LogP contribution in [0.2, 0.25) is 5.02 Å². The van der Waals surface area contributed by atoms with E-state index in [1.54, 1.807) is 13.0 Å². The molecule has 1 aromatic heterocycles. The minimum absolute atomic E-state index is 0.313. The van der Waals surface area contributed by atoms with Crippen LogP contribution in [-0.2, 0) is 24.2 Å². The molecule has 0 aliphatic rings. The molecule has 0 radical (unpaired) electrons. The van der Waals surface area contributed by atoms with Crippen LogP contribution in [-0.4, -0.2) is 28.2 Å². The fraction of sp³-hybridized carbons (Fsp3) is 0.241. The van der Waals surface area contributed by atoms with E-state index in [0.717, 1.165) is 28.1 Å². The lowest BCUT2D eigenvalue weighted by molar-refractivity contribution is -0.144. The van der Waals surface area contributed by atoms with Gasteiger partial charge in [-0.3, -0.25) is 10.1 Å². The summed E-state index contributed by atoms with van der Waals surface area (Å²) < 4.78 is 11.7. The van der Waals surface area contributed by atoms with E-state index in [4.69, 9.17) is 20.8 Å². The van der Waals surface area contributed by atoms with Gasteiger partial charge in [-0.25, -0.2) is 4.98 Å². The normalized spacial score (nSPS) is 12.8. The van der Waals surface area contributed by atoms with Crippen LogP contribution < -0.4 is 10.1 Å². The lowest BCUT2D eigenvalue weighted by Gasteiger charge is -2.27. The molecule has 0 aliphatic heterocycles. The highest BCUT2D eigenvalue weighted by Gasteiger charge is 2.33. The Labute approximate surface area is 215 Å². The molecule has 4 rings (SSSR count). The zero-order valence-corrected chi connectivity index (χ0v) is 21.1. The third-order valence-electron chi connectivity index (χ3n) is 6.10. The summed E-state index contributed by atoms with van der Waals surface area (Å²) >= 11 is 6.22. The molecule has 0 saturated carbocycles. The Hall–Kier alpha value is -3.61. The molecule has 3 aromatic carbocycles. The van der Waals surface area contributed by atoms with Crippen LogP contribution in [0.25, 0.3) is 11.5 Å². The first kappa shape index (κ1) is 25.5. The minimum atomic E-state index is -1.15. The quantitative estimate of drug-likeness (QED) is 0.257. The summed E-state index contributed by atoms with van der Waals surface area (Å²) in [5, 5.41) is 13.6. The van der Waals surface area contributed by atoms with Crippen LogP contribution in [0.1, 0.15) is 29.5 Å². The van der Waals surface area contributed by atoms with Crippen LogP contribution in [0, 0.1) is 6.92 Å². The zero-order valence-electron chi connectivity index (χ0n) is 20.3. The molecular weight excluding hydrogens is 476 g/mol. The third kappa shape index (κ3) is 6.33. The van der Waals surface area contributed by atoms with Gasteiger partial charge in [-0.15, -0.1) is 0 Å². The number of aliphatic carboxylic acids is 1. The predicted molar refractivity (Wildman–Crippen MR) is 140 cm³/mol. The van der Waals surface area contributed by atoms with E-state index >= 15 is 0 Å². The molecular formula is C29H29ClN2O4. The maximum atomic E-state index is 12.1. The fourth-order valence-corrected chi connectivity index (χ4v) is 4.09. The van der Waals surface area contributed by atoms with Gasteiger partial charge in [0.2, 0.25) is 5.89 Å². The number of ether oxygens (including phenoxy) is 1. The summed E-state index contributed by atoms with van der Waals surface area (Å²) in [4.78, 5) is 16.7. The van der Waals surface area contributed by atoms with Gasteiger partial charge < -0.3 is 14.3 Å². The molecule has 36 heavy (non-hydrogen) atoms. The molecule has 0 bridgehead atoms. The number of hydrogen-bond donors (Lipinski definition) is 2. The van der Waals surface area contributed by atoms with Crippen molar-refractivity contribution < 1.29 is 19.1 Å². The Balaban J connectivity index is 1.32. The number of carbonyl (C=O) groups is 1. The highest BCUT2D eigenvalue weighted by atomic mass is 35.5. The number of rotatable bonds is 11. The van der Waals surface area contributed by atoms with E-state index in [9.17, 15) is 9.90 Å². The largest absolute Gasteiger partial charge is 0.493 e. The number of carboxylic acids is 1. The Bertz CT molecular complexity index is 1300. The van der Waals surface area contributed by atoms with Gasteiger partial charge in [0, 0.05) is 30.0 Å². The predicted octanol–water partition coefficient (Wildman–Crippen LogP) is 6.10. The smallest absolute Gasteiger partial charge is 0.323 e. The average Bonchev–Trinajstić information content (AvgIpc) is 3.25. The van der Waals surface area contributed by atoms with Gasteiger partial charge >= 0.3 is 5.97 Å². The number of benzene rings is 3. The van der Waals surface area contributed by atoms with E-state index in [0.29, 0.717) is 42.7 Å². The van der Waals surface area contributed by atoms with Crippen LogP contribution in [0.5, 0.6) is 5.75 Å². The Kier molecular flexibility index (Phi) is 8.08. The molecule has 0 aliphatic carbocycles. The monoisotopic (exact) mass is 504 g/mol. The molecule has 0 fully saturated rings. The molecule has 7 heteroatoms. The summed E-state index contributed by atoms with van der Waals surface area (Å²) in [7, 11) is 0. The van der Waals surface area contributed by atoms with Crippen molar-refractivity contribution in [3.05, 3.63) is 106 Å². The Morgan fingerprint density at radius 1 is 1.06 bits per heavy atom. The number of oxazole rings is 1. The van der Waals surface area contributed by atoms with E-state index in [1.165, 1.54) is 0 Å². The topological polar surface area (TPSA) is 84.6 Å². The number of carboxylic acid groups (broad SMARTS) is 1. The lowest BCUT2D eigenvalue weighted by atomic mass is 9.92. The van der Waals surface area contributed by atoms with Gasteiger partial charge in [-0.1, -0.05) is 60.1 Å². The van der Waals surface area contributed by atoms with Gasteiger partial charge in [0.1, 0.15) is 17.0 Å². The summed E-state index contributed by atoms with van der Waals surface area (Å²) in [6, 6.07) is 24.7. The van der Waals surface area contributed by atoms with Crippen molar-refractivity contribution >= 4 is 17.6 Å². The molecule has 1 heterocycles. The average molecular weight is 505 g/mol. The summed E-state index contributed by atoms with van der Waals surface area (Å²) in [5.74, 6) is 1.18. The maximum absolute atomic E-state index is 12.1. The van der Waals surface area contributed by atoms with Crippen molar-refractivity contribution in [1.29, 1.82) is 0 Å². The van der Waals surface area contributed by atoms with Crippen molar-refractivity contribution in [2.24, 2.45) is 0 Å². The SMILES string of the molecule is Cc1oc(-c2ccccc2)nc1CCOc1ccc(C[C@](C)(NCc2ccccc2Cl)C(=O)O)cc1. The number of nitrogens with one attached hydrogen (secondary N) is 1. The second-order valence-electron chi connectivity index (χ2n) is 8.89. The van der Waals surface area contributed by atoms with Crippen molar-refractivity contribution in [3.8, 4) is 17.2 Å². The maximum Gasteiger partial charge on any atom is 0.323 e.